The molecule has 2 unspecified atom stereocenters. The number of nitrogens with two attached hydrogens (primary N) is 1. The van der Waals surface area contributed by atoms with E-state index in [-0.39, 0.29) is 0 Å². The molecule has 2 N–H and O–H groups in total. The molecule has 0 spiro atoms. The van der Waals surface area contributed by atoms with Crippen molar-refractivity contribution in [3.63, 3.8) is 0 Å². The minimum atomic E-state index is -0.541. The summed E-state index contributed by atoms with van der Waals surface area (Å²) in [4.78, 5) is 2.49. The van der Waals surface area contributed by atoms with Crippen LogP contribution in [0.15, 0.2) is 0 Å². The Balaban J connectivity index is 1.84. The first-order chi connectivity index (χ1) is 6.31. The Kier molecular flexibility index (Phi) is 3.01. The lowest BCUT2D eigenvalue weighted by molar-refractivity contribution is 0.0749. The zero-order chi connectivity index (χ0) is 9.26. The average molecular weight is 202 g/mol. The van der Waals surface area contributed by atoms with Crippen molar-refractivity contribution in [2.24, 2.45) is 11.7 Å². The molecule has 1 heterocycles. The average Bonchev–Trinajstić information content (AvgIpc) is 2.08. The fraction of sp³-hybridized carbons (Fsp3) is 1.00. The molecule has 3 nitrogen and oxygen atoms in total. The Bertz CT molecular complexity index is 198. The Hall–Kier alpha value is 0.0700. The van der Waals surface area contributed by atoms with Crippen LogP contribution in [0.25, 0.3) is 0 Å². The Morgan fingerprint density at radius 2 is 2.00 bits per heavy atom. The molecule has 1 aliphatic heterocycles. The molecule has 13 heavy (non-hydrogen) atoms. The van der Waals surface area contributed by atoms with Gasteiger partial charge in [-0.15, -0.1) is 0 Å². The van der Waals surface area contributed by atoms with E-state index >= 15 is 0 Å². The standard InChI is InChI=1S/C9H18N2OS/c10-7-8-1-2-9(8)11-3-5-13(12)6-4-11/h8-9H,1-7,10H2. The van der Waals surface area contributed by atoms with E-state index in [0.29, 0.717) is 12.0 Å². The smallest absolute Gasteiger partial charge is 0.0363 e. The summed E-state index contributed by atoms with van der Waals surface area (Å²) in [6.45, 7) is 2.87. The van der Waals surface area contributed by atoms with Crippen LogP contribution in [0.2, 0.25) is 0 Å². The molecule has 0 aromatic rings. The lowest BCUT2D eigenvalue weighted by Gasteiger charge is -2.45. The van der Waals surface area contributed by atoms with E-state index in [1.165, 1.54) is 12.8 Å². The van der Waals surface area contributed by atoms with Crippen LogP contribution in [0, 0.1) is 5.92 Å². The number of hydrogen-bond donors (Lipinski definition) is 1. The molecule has 0 amide bonds. The van der Waals surface area contributed by atoms with Gasteiger partial charge in [-0.25, -0.2) is 0 Å². The second-order valence-corrected chi connectivity index (χ2v) is 5.72. The monoisotopic (exact) mass is 202 g/mol. The van der Waals surface area contributed by atoms with Crippen molar-refractivity contribution < 1.29 is 4.21 Å². The summed E-state index contributed by atoms with van der Waals surface area (Å²) in [5.74, 6) is 2.45. The summed E-state index contributed by atoms with van der Waals surface area (Å²) >= 11 is 0. The molecule has 1 saturated heterocycles. The largest absolute Gasteiger partial charge is 0.330 e. The van der Waals surface area contributed by atoms with E-state index in [2.05, 4.69) is 4.90 Å². The van der Waals surface area contributed by atoms with Gasteiger partial charge in [0, 0.05) is 41.4 Å². The molecule has 1 saturated carbocycles. The first-order valence-electron chi connectivity index (χ1n) is 5.10. The van der Waals surface area contributed by atoms with Crippen LogP contribution < -0.4 is 5.73 Å². The highest BCUT2D eigenvalue weighted by molar-refractivity contribution is 7.85. The number of nitrogens with zero attached hydrogens (tertiary/aromatic N) is 1. The van der Waals surface area contributed by atoms with Gasteiger partial charge >= 0.3 is 0 Å². The van der Waals surface area contributed by atoms with Crippen LogP contribution in [0.3, 0.4) is 0 Å². The highest BCUT2D eigenvalue weighted by Gasteiger charge is 2.35. The van der Waals surface area contributed by atoms with Crippen LogP contribution in [-0.2, 0) is 10.8 Å². The van der Waals surface area contributed by atoms with E-state index < -0.39 is 10.8 Å². The van der Waals surface area contributed by atoms with Crippen molar-refractivity contribution in [1.82, 2.24) is 4.90 Å². The van der Waals surface area contributed by atoms with Gasteiger partial charge in [-0.05, 0) is 25.3 Å². The van der Waals surface area contributed by atoms with E-state index in [9.17, 15) is 4.21 Å². The van der Waals surface area contributed by atoms with Crippen molar-refractivity contribution >= 4 is 10.8 Å². The molecular formula is C9H18N2OS. The van der Waals surface area contributed by atoms with Crippen molar-refractivity contribution in [2.45, 2.75) is 18.9 Å². The molecule has 76 valence electrons. The van der Waals surface area contributed by atoms with E-state index in [1.807, 2.05) is 0 Å². The third-order valence-electron chi connectivity index (χ3n) is 3.36. The SMILES string of the molecule is NCC1CCC1N1CCS(=O)CC1. The minimum Gasteiger partial charge on any atom is -0.330 e. The molecule has 2 atom stereocenters. The van der Waals surface area contributed by atoms with Crippen LogP contribution in [0.4, 0.5) is 0 Å². The Morgan fingerprint density at radius 3 is 2.46 bits per heavy atom. The lowest BCUT2D eigenvalue weighted by atomic mass is 9.78. The summed E-state index contributed by atoms with van der Waals surface area (Å²) < 4.78 is 11.1. The van der Waals surface area contributed by atoms with Gasteiger partial charge in [-0.1, -0.05) is 0 Å². The maximum Gasteiger partial charge on any atom is 0.0363 e. The van der Waals surface area contributed by atoms with Gasteiger partial charge in [-0.2, -0.15) is 0 Å². The summed E-state index contributed by atoms with van der Waals surface area (Å²) in [7, 11) is -0.541. The molecule has 2 aliphatic rings. The molecule has 4 heteroatoms. The normalized spacial score (nSPS) is 37.3. The molecule has 2 rings (SSSR count). The highest BCUT2D eigenvalue weighted by atomic mass is 32.2. The van der Waals surface area contributed by atoms with Gasteiger partial charge in [0.25, 0.3) is 0 Å². The highest BCUT2D eigenvalue weighted by Crippen LogP contribution is 2.31. The van der Waals surface area contributed by atoms with Gasteiger partial charge in [0.2, 0.25) is 0 Å². The minimum absolute atomic E-state index is 0.541. The van der Waals surface area contributed by atoms with Crippen molar-refractivity contribution in [2.75, 3.05) is 31.1 Å². The first-order valence-corrected chi connectivity index (χ1v) is 6.59. The maximum atomic E-state index is 11.1. The van der Waals surface area contributed by atoms with E-state index in [0.717, 1.165) is 31.1 Å². The van der Waals surface area contributed by atoms with Crippen LogP contribution in [0.5, 0.6) is 0 Å². The molecule has 0 radical (unpaired) electrons. The second kappa shape index (κ2) is 4.07. The molecular weight excluding hydrogens is 184 g/mol. The van der Waals surface area contributed by atoms with E-state index in [4.69, 9.17) is 5.73 Å². The molecule has 0 bridgehead atoms. The van der Waals surface area contributed by atoms with Crippen LogP contribution >= 0.6 is 0 Å². The fourth-order valence-corrected chi connectivity index (χ4v) is 3.37. The molecule has 0 aromatic carbocycles. The van der Waals surface area contributed by atoms with Crippen molar-refractivity contribution in [3.05, 3.63) is 0 Å². The molecule has 1 aliphatic carbocycles. The van der Waals surface area contributed by atoms with Gasteiger partial charge in [0.15, 0.2) is 0 Å². The summed E-state index contributed by atoms with van der Waals surface area (Å²) in [5, 5.41) is 0. The third kappa shape index (κ3) is 1.95. The second-order valence-electron chi connectivity index (χ2n) is 4.02. The summed E-state index contributed by atoms with van der Waals surface area (Å²) in [6, 6.07) is 0.710. The lowest BCUT2D eigenvalue weighted by Crippen LogP contribution is -2.53. The summed E-state index contributed by atoms with van der Waals surface area (Å²) in [6.07, 6.45) is 2.59. The molecule has 0 aromatic heterocycles. The van der Waals surface area contributed by atoms with Crippen LogP contribution in [-0.4, -0.2) is 46.3 Å². The third-order valence-corrected chi connectivity index (χ3v) is 4.64. The first kappa shape index (κ1) is 9.62. The van der Waals surface area contributed by atoms with Gasteiger partial charge in [0.05, 0.1) is 0 Å². The zero-order valence-corrected chi connectivity index (χ0v) is 8.76. The predicted molar refractivity (Wildman–Crippen MR) is 55.0 cm³/mol. The van der Waals surface area contributed by atoms with E-state index in [1.54, 1.807) is 0 Å². The van der Waals surface area contributed by atoms with Gasteiger partial charge < -0.3 is 5.73 Å². The number of hydrogen-bond acceptors (Lipinski definition) is 3. The zero-order valence-electron chi connectivity index (χ0n) is 7.95. The van der Waals surface area contributed by atoms with Crippen LogP contribution in [0.1, 0.15) is 12.8 Å². The van der Waals surface area contributed by atoms with Gasteiger partial charge in [-0.3, -0.25) is 9.11 Å². The molecule has 2 fully saturated rings. The topological polar surface area (TPSA) is 46.3 Å². The summed E-state index contributed by atoms with van der Waals surface area (Å²) in [5.41, 5.74) is 5.67. The van der Waals surface area contributed by atoms with Crippen molar-refractivity contribution in [1.29, 1.82) is 0 Å². The fourth-order valence-electron chi connectivity index (χ4n) is 2.29. The quantitative estimate of drug-likeness (QED) is 0.674. The maximum absolute atomic E-state index is 11.1. The van der Waals surface area contributed by atoms with Crippen molar-refractivity contribution in [3.8, 4) is 0 Å². The van der Waals surface area contributed by atoms with Gasteiger partial charge in [0.1, 0.15) is 0 Å². The Labute approximate surface area is 82.1 Å². The number of rotatable bonds is 2. The Morgan fingerprint density at radius 1 is 1.31 bits per heavy atom. The predicted octanol–water partition coefficient (Wildman–Crippen LogP) is -0.212.